The van der Waals surface area contributed by atoms with E-state index in [0.717, 1.165) is 47.3 Å². The third kappa shape index (κ3) is 3.36. The van der Waals surface area contributed by atoms with Crippen LogP contribution in [0.1, 0.15) is 24.4 Å². The maximum Gasteiger partial charge on any atom is 0.170 e. The van der Waals surface area contributed by atoms with Gasteiger partial charge in [-0.2, -0.15) is 0 Å². The van der Waals surface area contributed by atoms with Gasteiger partial charge in [-0.1, -0.05) is 19.9 Å². The Morgan fingerprint density at radius 2 is 2.00 bits per heavy atom. The fraction of sp³-hybridized carbons (Fsp3) is 0.438. The average molecular weight is 306 g/mol. The lowest BCUT2D eigenvalue weighted by Gasteiger charge is -2.10. The van der Waals surface area contributed by atoms with Crippen molar-refractivity contribution >= 4 is 11.3 Å². The molecule has 1 aromatic heterocycles. The minimum Gasteiger partial charge on any atom is -0.493 e. The van der Waals surface area contributed by atoms with Gasteiger partial charge in [0.1, 0.15) is 5.01 Å². The summed E-state index contributed by atoms with van der Waals surface area (Å²) in [7, 11) is 3.31. The number of hydrogen-bond acceptors (Lipinski definition) is 5. The number of thiazole rings is 1. The fourth-order valence-corrected chi connectivity index (χ4v) is 3.35. The topological polar surface area (TPSA) is 43.4 Å². The highest BCUT2D eigenvalue weighted by Gasteiger charge is 2.17. The molecule has 1 aromatic carbocycles. The molecule has 0 fully saturated rings. The van der Waals surface area contributed by atoms with Crippen LogP contribution >= 0.6 is 11.3 Å². The Bertz CT molecular complexity index is 596. The predicted molar refractivity (Wildman–Crippen MR) is 87.4 cm³/mol. The molecule has 0 saturated carbocycles. The molecule has 0 aliphatic carbocycles. The van der Waals surface area contributed by atoms with Gasteiger partial charge in [0.15, 0.2) is 11.5 Å². The molecule has 0 aliphatic rings. The third-order valence-corrected chi connectivity index (χ3v) is 4.41. The maximum absolute atomic E-state index is 5.51. The highest BCUT2D eigenvalue weighted by Crippen LogP contribution is 2.40. The van der Waals surface area contributed by atoms with E-state index in [-0.39, 0.29) is 0 Å². The number of aromatic nitrogens is 1. The Labute approximate surface area is 130 Å². The van der Waals surface area contributed by atoms with Crippen LogP contribution in [0.5, 0.6) is 11.5 Å². The summed E-state index contributed by atoms with van der Waals surface area (Å²) in [6.07, 6.45) is 0.934. The van der Waals surface area contributed by atoms with Gasteiger partial charge in [-0.05, 0) is 25.1 Å². The van der Waals surface area contributed by atoms with Gasteiger partial charge in [0.2, 0.25) is 0 Å². The SMILES string of the molecule is CCNCc1sc(-c2cccc(OC)c2OC)nc1CC. The first-order chi connectivity index (χ1) is 10.2. The van der Waals surface area contributed by atoms with Crippen molar-refractivity contribution in [1.29, 1.82) is 0 Å². The zero-order valence-corrected chi connectivity index (χ0v) is 13.8. The Hall–Kier alpha value is -1.59. The molecule has 2 aromatic rings. The number of methoxy groups -OCH3 is 2. The van der Waals surface area contributed by atoms with Crippen LogP contribution in [-0.4, -0.2) is 25.7 Å². The van der Waals surface area contributed by atoms with Gasteiger partial charge in [-0.3, -0.25) is 0 Å². The summed E-state index contributed by atoms with van der Waals surface area (Å²) < 4.78 is 10.9. The number of para-hydroxylation sites is 1. The Morgan fingerprint density at radius 3 is 2.62 bits per heavy atom. The van der Waals surface area contributed by atoms with Crippen molar-refractivity contribution in [3.05, 3.63) is 28.8 Å². The lowest BCUT2D eigenvalue weighted by molar-refractivity contribution is 0.356. The van der Waals surface area contributed by atoms with E-state index in [1.807, 2.05) is 18.2 Å². The Morgan fingerprint density at radius 1 is 1.19 bits per heavy atom. The third-order valence-electron chi connectivity index (χ3n) is 3.28. The molecule has 0 radical (unpaired) electrons. The second-order valence-electron chi connectivity index (χ2n) is 4.56. The van der Waals surface area contributed by atoms with E-state index in [1.165, 1.54) is 4.88 Å². The zero-order valence-electron chi connectivity index (χ0n) is 13.0. The van der Waals surface area contributed by atoms with Crippen molar-refractivity contribution in [2.45, 2.75) is 26.8 Å². The highest BCUT2D eigenvalue weighted by molar-refractivity contribution is 7.15. The molecule has 0 saturated heterocycles. The van der Waals surface area contributed by atoms with Gasteiger partial charge in [0.25, 0.3) is 0 Å². The molecule has 0 bridgehead atoms. The molecule has 0 atom stereocenters. The Balaban J connectivity index is 2.44. The van der Waals surface area contributed by atoms with E-state index < -0.39 is 0 Å². The number of benzene rings is 1. The van der Waals surface area contributed by atoms with Gasteiger partial charge in [0, 0.05) is 11.4 Å². The summed E-state index contributed by atoms with van der Waals surface area (Å²) in [4.78, 5) is 6.07. The van der Waals surface area contributed by atoms with Crippen molar-refractivity contribution in [2.24, 2.45) is 0 Å². The minimum atomic E-state index is 0.733. The standard InChI is InChI=1S/C16H22N2O2S/c1-5-12-14(10-17-6-2)21-16(18-12)11-8-7-9-13(19-3)15(11)20-4/h7-9,17H,5-6,10H2,1-4H3. The molecular weight excluding hydrogens is 284 g/mol. The van der Waals surface area contributed by atoms with Crippen LogP contribution in [0.2, 0.25) is 0 Å². The second-order valence-corrected chi connectivity index (χ2v) is 5.65. The quantitative estimate of drug-likeness (QED) is 0.850. The molecule has 0 amide bonds. The molecular formula is C16H22N2O2S. The van der Waals surface area contributed by atoms with Crippen molar-refractivity contribution in [3.63, 3.8) is 0 Å². The first kappa shape index (κ1) is 15.8. The van der Waals surface area contributed by atoms with Crippen molar-refractivity contribution < 1.29 is 9.47 Å². The van der Waals surface area contributed by atoms with Gasteiger partial charge >= 0.3 is 0 Å². The van der Waals surface area contributed by atoms with Crippen LogP contribution in [-0.2, 0) is 13.0 Å². The van der Waals surface area contributed by atoms with Crippen LogP contribution in [0.4, 0.5) is 0 Å². The number of nitrogens with one attached hydrogen (secondary N) is 1. The zero-order chi connectivity index (χ0) is 15.2. The number of rotatable bonds is 7. The minimum absolute atomic E-state index is 0.733. The molecule has 1 N–H and O–H groups in total. The molecule has 0 unspecified atom stereocenters. The van der Waals surface area contributed by atoms with Gasteiger partial charge in [-0.25, -0.2) is 4.98 Å². The summed E-state index contributed by atoms with van der Waals surface area (Å²) in [6.45, 7) is 6.07. The molecule has 4 nitrogen and oxygen atoms in total. The van der Waals surface area contributed by atoms with Crippen LogP contribution in [0.3, 0.4) is 0 Å². The van der Waals surface area contributed by atoms with E-state index in [2.05, 4.69) is 19.2 Å². The largest absolute Gasteiger partial charge is 0.493 e. The van der Waals surface area contributed by atoms with Crippen LogP contribution in [0, 0.1) is 0 Å². The monoisotopic (exact) mass is 306 g/mol. The second kappa shape index (κ2) is 7.43. The van der Waals surface area contributed by atoms with Crippen molar-refractivity contribution in [1.82, 2.24) is 10.3 Å². The molecule has 114 valence electrons. The van der Waals surface area contributed by atoms with Gasteiger partial charge in [-0.15, -0.1) is 11.3 Å². The molecule has 0 aliphatic heterocycles. The number of ether oxygens (including phenoxy) is 2. The summed E-state index contributed by atoms with van der Waals surface area (Å²) in [5.41, 5.74) is 2.14. The summed E-state index contributed by atoms with van der Waals surface area (Å²) >= 11 is 1.72. The molecule has 5 heteroatoms. The lowest BCUT2D eigenvalue weighted by Crippen LogP contribution is -2.11. The van der Waals surface area contributed by atoms with Crippen molar-refractivity contribution in [3.8, 4) is 22.1 Å². The van der Waals surface area contributed by atoms with Gasteiger partial charge in [0.05, 0.1) is 25.5 Å². The van der Waals surface area contributed by atoms with Gasteiger partial charge < -0.3 is 14.8 Å². The first-order valence-electron chi connectivity index (χ1n) is 7.15. The van der Waals surface area contributed by atoms with E-state index in [9.17, 15) is 0 Å². The smallest absolute Gasteiger partial charge is 0.170 e. The van der Waals surface area contributed by atoms with Crippen LogP contribution in [0.25, 0.3) is 10.6 Å². The lowest BCUT2D eigenvalue weighted by atomic mass is 10.2. The fourth-order valence-electron chi connectivity index (χ4n) is 2.21. The maximum atomic E-state index is 5.51. The van der Waals surface area contributed by atoms with Crippen LogP contribution < -0.4 is 14.8 Å². The Kier molecular flexibility index (Phi) is 5.59. The van der Waals surface area contributed by atoms with E-state index in [4.69, 9.17) is 14.5 Å². The summed E-state index contributed by atoms with van der Waals surface area (Å²) in [5.74, 6) is 1.47. The summed E-state index contributed by atoms with van der Waals surface area (Å²) in [6, 6.07) is 5.89. The summed E-state index contributed by atoms with van der Waals surface area (Å²) in [5, 5.41) is 4.35. The van der Waals surface area contributed by atoms with E-state index in [0.29, 0.717) is 0 Å². The number of aryl methyl sites for hydroxylation is 1. The normalized spacial score (nSPS) is 10.7. The average Bonchev–Trinajstić information content (AvgIpc) is 2.94. The van der Waals surface area contributed by atoms with E-state index >= 15 is 0 Å². The van der Waals surface area contributed by atoms with E-state index in [1.54, 1.807) is 25.6 Å². The molecule has 1 heterocycles. The van der Waals surface area contributed by atoms with Crippen molar-refractivity contribution in [2.75, 3.05) is 20.8 Å². The molecule has 21 heavy (non-hydrogen) atoms. The van der Waals surface area contributed by atoms with Crippen LogP contribution in [0.15, 0.2) is 18.2 Å². The number of nitrogens with zero attached hydrogens (tertiary/aromatic N) is 1. The highest BCUT2D eigenvalue weighted by atomic mass is 32.1. The molecule has 0 spiro atoms. The first-order valence-corrected chi connectivity index (χ1v) is 7.97. The molecule has 2 rings (SSSR count). The predicted octanol–water partition coefficient (Wildman–Crippen LogP) is 3.50. The number of hydrogen-bond donors (Lipinski definition) is 1.